The molecule has 0 bridgehead atoms. The third-order valence-corrected chi connectivity index (χ3v) is 5.16. The van der Waals surface area contributed by atoms with E-state index in [2.05, 4.69) is 5.32 Å². The van der Waals surface area contributed by atoms with Crippen LogP contribution < -0.4 is 5.32 Å². The zero-order valence-corrected chi connectivity index (χ0v) is 13.7. The summed E-state index contributed by atoms with van der Waals surface area (Å²) in [6.45, 7) is 1.85. The number of likely N-dealkylation sites (tertiary alicyclic amines) is 1. The number of benzene rings is 1. The van der Waals surface area contributed by atoms with E-state index < -0.39 is 0 Å². The van der Waals surface area contributed by atoms with E-state index in [1.165, 1.54) is 6.42 Å². The van der Waals surface area contributed by atoms with Crippen LogP contribution in [0, 0.1) is 11.8 Å². The Kier molecular flexibility index (Phi) is 5.31. The Bertz CT molecular complexity index is 530. The van der Waals surface area contributed by atoms with Crippen molar-refractivity contribution in [3.8, 4) is 0 Å². The average molecular weight is 314 g/mol. The Hall–Kier alpha value is -1.84. The van der Waals surface area contributed by atoms with Crippen molar-refractivity contribution in [3.63, 3.8) is 0 Å². The molecule has 3 rings (SSSR count). The number of para-hydroxylation sites is 1. The summed E-state index contributed by atoms with van der Waals surface area (Å²) in [4.78, 5) is 26.9. The van der Waals surface area contributed by atoms with Crippen LogP contribution in [0.4, 0.5) is 5.69 Å². The van der Waals surface area contributed by atoms with Crippen LogP contribution in [-0.2, 0) is 9.59 Å². The Balaban J connectivity index is 1.48. The van der Waals surface area contributed by atoms with Crippen molar-refractivity contribution < 1.29 is 9.59 Å². The Morgan fingerprint density at radius 3 is 2.13 bits per heavy atom. The van der Waals surface area contributed by atoms with Crippen molar-refractivity contribution in [2.45, 2.75) is 44.9 Å². The van der Waals surface area contributed by atoms with E-state index in [0.717, 1.165) is 57.3 Å². The van der Waals surface area contributed by atoms with Crippen molar-refractivity contribution in [2.24, 2.45) is 11.8 Å². The number of hydrogen-bond donors (Lipinski definition) is 1. The standard InChI is InChI=1S/C19H26N2O2/c22-18(20-17-7-3-1-4-8-17)15-9-11-16(12-10-15)19(23)21-13-5-2-6-14-21/h1,3-4,7-8,15-16H,2,5-6,9-14H2,(H,20,22). The summed E-state index contributed by atoms with van der Waals surface area (Å²) >= 11 is 0. The topological polar surface area (TPSA) is 49.4 Å². The highest BCUT2D eigenvalue weighted by Gasteiger charge is 2.32. The van der Waals surface area contributed by atoms with E-state index in [1.807, 2.05) is 35.2 Å². The molecule has 2 fully saturated rings. The zero-order chi connectivity index (χ0) is 16.1. The second-order valence-electron chi connectivity index (χ2n) is 6.79. The van der Waals surface area contributed by atoms with E-state index in [1.54, 1.807) is 0 Å². The quantitative estimate of drug-likeness (QED) is 0.929. The van der Waals surface area contributed by atoms with Gasteiger partial charge in [-0.2, -0.15) is 0 Å². The fraction of sp³-hybridized carbons (Fsp3) is 0.579. The number of rotatable bonds is 3. The maximum absolute atomic E-state index is 12.5. The van der Waals surface area contributed by atoms with Gasteiger partial charge in [0.1, 0.15) is 0 Å². The number of nitrogens with zero attached hydrogens (tertiary/aromatic N) is 1. The molecule has 2 aliphatic rings. The summed E-state index contributed by atoms with van der Waals surface area (Å²) in [6, 6.07) is 9.59. The van der Waals surface area contributed by atoms with Gasteiger partial charge in [0.05, 0.1) is 0 Å². The predicted octanol–water partition coefficient (Wildman–Crippen LogP) is 3.44. The van der Waals surface area contributed by atoms with E-state index in [9.17, 15) is 9.59 Å². The normalized spacial score (nSPS) is 25.0. The lowest BCUT2D eigenvalue weighted by Crippen LogP contribution is -2.41. The number of carbonyl (C=O) groups excluding carboxylic acids is 2. The molecule has 4 nitrogen and oxygen atoms in total. The van der Waals surface area contributed by atoms with Crippen LogP contribution in [-0.4, -0.2) is 29.8 Å². The minimum Gasteiger partial charge on any atom is -0.342 e. The molecule has 1 aromatic rings. The molecule has 0 aromatic heterocycles. The van der Waals surface area contributed by atoms with E-state index in [0.29, 0.717) is 5.91 Å². The summed E-state index contributed by atoms with van der Waals surface area (Å²) < 4.78 is 0. The number of nitrogens with one attached hydrogen (secondary N) is 1. The number of hydrogen-bond acceptors (Lipinski definition) is 2. The van der Waals surface area contributed by atoms with Crippen molar-refractivity contribution in [2.75, 3.05) is 18.4 Å². The Morgan fingerprint density at radius 2 is 1.48 bits per heavy atom. The van der Waals surface area contributed by atoms with Gasteiger partial charge in [-0.05, 0) is 57.1 Å². The summed E-state index contributed by atoms with van der Waals surface area (Å²) in [5.41, 5.74) is 0.851. The minimum absolute atomic E-state index is 0.0422. The SMILES string of the molecule is O=C(Nc1ccccc1)C1CCC(C(=O)N2CCCCC2)CC1. The molecule has 4 heteroatoms. The van der Waals surface area contributed by atoms with Crippen LogP contribution >= 0.6 is 0 Å². The lowest BCUT2D eigenvalue weighted by molar-refractivity contribution is -0.138. The third kappa shape index (κ3) is 4.12. The first-order chi connectivity index (χ1) is 11.2. The molecule has 1 aliphatic carbocycles. The van der Waals surface area contributed by atoms with Gasteiger partial charge >= 0.3 is 0 Å². The van der Waals surface area contributed by atoms with Gasteiger partial charge in [-0.15, -0.1) is 0 Å². The Morgan fingerprint density at radius 1 is 0.870 bits per heavy atom. The molecule has 2 amide bonds. The van der Waals surface area contributed by atoms with Crippen LogP contribution in [0.3, 0.4) is 0 Å². The molecule has 0 radical (unpaired) electrons. The van der Waals surface area contributed by atoms with Crippen molar-refractivity contribution in [1.82, 2.24) is 4.90 Å². The van der Waals surface area contributed by atoms with Gasteiger partial charge in [0.15, 0.2) is 0 Å². The van der Waals surface area contributed by atoms with Crippen LogP contribution in [0.15, 0.2) is 30.3 Å². The maximum Gasteiger partial charge on any atom is 0.227 e. The number of anilines is 1. The van der Waals surface area contributed by atoms with E-state index >= 15 is 0 Å². The van der Waals surface area contributed by atoms with E-state index in [-0.39, 0.29) is 17.7 Å². The molecule has 1 aromatic carbocycles. The van der Waals surface area contributed by atoms with Crippen molar-refractivity contribution in [3.05, 3.63) is 30.3 Å². The second kappa shape index (κ2) is 7.62. The molecule has 1 saturated carbocycles. The average Bonchev–Trinajstić information content (AvgIpc) is 2.63. The van der Waals surface area contributed by atoms with Gasteiger partial charge in [0, 0.05) is 30.6 Å². The van der Waals surface area contributed by atoms with E-state index in [4.69, 9.17) is 0 Å². The second-order valence-corrected chi connectivity index (χ2v) is 6.79. The van der Waals surface area contributed by atoms with Gasteiger partial charge in [-0.25, -0.2) is 0 Å². The minimum atomic E-state index is 0.0422. The molecule has 23 heavy (non-hydrogen) atoms. The fourth-order valence-electron chi connectivity index (χ4n) is 3.74. The largest absolute Gasteiger partial charge is 0.342 e. The predicted molar refractivity (Wildman–Crippen MR) is 91.0 cm³/mol. The van der Waals surface area contributed by atoms with Crippen LogP contribution in [0.1, 0.15) is 44.9 Å². The molecule has 0 spiro atoms. The summed E-state index contributed by atoms with van der Waals surface area (Å²) in [5, 5.41) is 2.98. The van der Waals surface area contributed by atoms with Gasteiger partial charge < -0.3 is 10.2 Å². The molecule has 1 N–H and O–H groups in total. The lowest BCUT2D eigenvalue weighted by atomic mass is 9.80. The molecule has 0 atom stereocenters. The number of amides is 2. The molecule has 1 saturated heterocycles. The molecule has 1 aliphatic heterocycles. The van der Waals surface area contributed by atoms with Crippen LogP contribution in [0.5, 0.6) is 0 Å². The first-order valence-corrected chi connectivity index (χ1v) is 8.89. The highest BCUT2D eigenvalue weighted by molar-refractivity contribution is 5.92. The van der Waals surface area contributed by atoms with Gasteiger partial charge in [-0.1, -0.05) is 18.2 Å². The van der Waals surface area contributed by atoms with Gasteiger partial charge in [0.2, 0.25) is 11.8 Å². The molecular formula is C19H26N2O2. The monoisotopic (exact) mass is 314 g/mol. The van der Waals surface area contributed by atoms with Gasteiger partial charge in [0.25, 0.3) is 0 Å². The Labute approximate surface area is 138 Å². The summed E-state index contributed by atoms with van der Waals surface area (Å²) in [5.74, 6) is 0.598. The molecule has 1 heterocycles. The first-order valence-electron chi connectivity index (χ1n) is 8.89. The highest BCUT2D eigenvalue weighted by atomic mass is 16.2. The van der Waals surface area contributed by atoms with Crippen LogP contribution in [0.25, 0.3) is 0 Å². The summed E-state index contributed by atoms with van der Waals surface area (Å²) in [7, 11) is 0. The zero-order valence-electron chi connectivity index (χ0n) is 13.7. The van der Waals surface area contributed by atoms with Gasteiger partial charge in [-0.3, -0.25) is 9.59 Å². The van der Waals surface area contributed by atoms with Crippen molar-refractivity contribution >= 4 is 17.5 Å². The third-order valence-electron chi connectivity index (χ3n) is 5.16. The lowest BCUT2D eigenvalue weighted by Gasteiger charge is -2.33. The first kappa shape index (κ1) is 16.0. The fourth-order valence-corrected chi connectivity index (χ4v) is 3.74. The molecule has 124 valence electrons. The maximum atomic E-state index is 12.5. The number of carbonyl (C=O) groups is 2. The number of piperidine rings is 1. The molecular weight excluding hydrogens is 288 g/mol. The smallest absolute Gasteiger partial charge is 0.227 e. The highest BCUT2D eigenvalue weighted by Crippen LogP contribution is 2.31. The molecule has 0 unspecified atom stereocenters. The summed E-state index contributed by atoms with van der Waals surface area (Å²) in [6.07, 6.45) is 6.87. The van der Waals surface area contributed by atoms with Crippen molar-refractivity contribution in [1.29, 1.82) is 0 Å². The van der Waals surface area contributed by atoms with Crippen LogP contribution in [0.2, 0.25) is 0 Å².